The smallest absolute Gasteiger partial charge is 0.122 e. The van der Waals surface area contributed by atoms with Gasteiger partial charge in [-0.15, -0.1) is 0 Å². The monoisotopic (exact) mass is 252 g/mol. The molecule has 0 saturated heterocycles. The van der Waals surface area contributed by atoms with Crippen LogP contribution in [0.15, 0.2) is 18.2 Å². The van der Waals surface area contributed by atoms with Gasteiger partial charge in [-0.3, -0.25) is 0 Å². The van der Waals surface area contributed by atoms with E-state index in [0.29, 0.717) is 13.2 Å². The molecule has 4 heteroatoms. The van der Waals surface area contributed by atoms with Crippen molar-refractivity contribution in [2.24, 2.45) is 5.73 Å². The molecule has 0 saturated carbocycles. The minimum atomic E-state index is -0.182. The van der Waals surface area contributed by atoms with E-state index in [-0.39, 0.29) is 12.6 Å². The van der Waals surface area contributed by atoms with Crippen molar-refractivity contribution < 1.29 is 9.84 Å². The maximum atomic E-state index is 8.92. The predicted molar refractivity (Wildman–Crippen MR) is 73.7 cm³/mol. The molecule has 0 bridgehead atoms. The molecule has 0 aliphatic carbocycles. The number of likely N-dealkylation sites (N-methyl/N-ethyl adjacent to an activating group) is 1. The van der Waals surface area contributed by atoms with Crippen LogP contribution >= 0.6 is 0 Å². The fraction of sp³-hybridized carbons (Fsp3) is 0.571. The van der Waals surface area contributed by atoms with Crippen LogP contribution in [-0.4, -0.2) is 42.9 Å². The van der Waals surface area contributed by atoms with Crippen molar-refractivity contribution in [3.8, 4) is 5.75 Å². The van der Waals surface area contributed by atoms with E-state index in [9.17, 15) is 0 Å². The topological polar surface area (TPSA) is 58.7 Å². The maximum Gasteiger partial charge on any atom is 0.122 e. The first-order valence-electron chi connectivity index (χ1n) is 6.34. The Hall–Kier alpha value is -1.10. The van der Waals surface area contributed by atoms with Crippen molar-refractivity contribution >= 4 is 0 Å². The molecule has 18 heavy (non-hydrogen) atoms. The van der Waals surface area contributed by atoms with Crippen molar-refractivity contribution in [3.63, 3.8) is 0 Å². The van der Waals surface area contributed by atoms with Crippen LogP contribution in [0.2, 0.25) is 0 Å². The third-order valence-electron chi connectivity index (χ3n) is 2.77. The molecule has 0 amide bonds. The number of nitrogens with zero attached hydrogens (tertiary/aromatic N) is 1. The van der Waals surface area contributed by atoms with Crippen LogP contribution in [0.25, 0.3) is 0 Å². The maximum absolute atomic E-state index is 8.92. The SMILES string of the molecule is CCOc1ccc(CN(C)CC(N)CO)cc1C. The average Bonchev–Trinajstić information content (AvgIpc) is 2.32. The Morgan fingerprint density at radius 2 is 2.17 bits per heavy atom. The average molecular weight is 252 g/mol. The van der Waals surface area contributed by atoms with E-state index >= 15 is 0 Å². The molecule has 1 aromatic rings. The van der Waals surface area contributed by atoms with Gasteiger partial charge in [0.2, 0.25) is 0 Å². The van der Waals surface area contributed by atoms with Crippen molar-refractivity contribution in [2.45, 2.75) is 26.4 Å². The number of nitrogens with two attached hydrogens (primary N) is 1. The second kappa shape index (κ2) is 7.36. The summed E-state index contributed by atoms with van der Waals surface area (Å²) in [6.45, 7) is 6.24. The van der Waals surface area contributed by atoms with Gasteiger partial charge in [-0.05, 0) is 38.1 Å². The number of rotatable bonds is 7. The summed E-state index contributed by atoms with van der Waals surface area (Å²) in [5.74, 6) is 0.941. The van der Waals surface area contributed by atoms with Crippen LogP contribution < -0.4 is 10.5 Å². The fourth-order valence-electron chi connectivity index (χ4n) is 1.96. The zero-order chi connectivity index (χ0) is 13.5. The van der Waals surface area contributed by atoms with Gasteiger partial charge in [0.15, 0.2) is 0 Å². The lowest BCUT2D eigenvalue weighted by Gasteiger charge is -2.20. The Morgan fingerprint density at radius 3 is 2.72 bits per heavy atom. The van der Waals surface area contributed by atoms with Gasteiger partial charge in [0.05, 0.1) is 13.2 Å². The van der Waals surface area contributed by atoms with Gasteiger partial charge in [-0.25, -0.2) is 0 Å². The van der Waals surface area contributed by atoms with E-state index < -0.39 is 0 Å². The van der Waals surface area contributed by atoms with E-state index in [4.69, 9.17) is 15.6 Å². The Kier molecular flexibility index (Phi) is 6.12. The molecule has 0 aromatic heterocycles. The lowest BCUT2D eigenvalue weighted by Crippen LogP contribution is -2.37. The Balaban J connectivity index is 2.59. The molecule has 0 heterocycles. The molecular weight excluding hydrogens is 228 g/mol. The number of aliphatic hydroxyl groups is 1. The van der Waals surface area contributed by atoms with Crippen LogP contribution in [-0.2, 0) is 6.54 Å². The summed E-state index contributed by atoms with van der Waals surface area (Å²) in [5, 5.41) is 8.92. The van der Waals surface area contributed by atoms with Gasteiger partial charge in [0, 0.05) is 19.1 Å². The first-order valence-corrected chi connectivity index (χ1v) is 6.34. The Morgan fingerprint density at radius 1 is 1.44 bits per heavy atom. The van der Waals surface area contributed by atoms with E-state index in [1.165, 1.54) is 5.56 Å². The normalized spacial score (nSPS) is 12.8. The molecule has 4 nitrogen and oxygen atoms in total. The molecule has 0 aliphatic rings. The predicted octanol–water partition coefficient (Wildman–Crippen LogP) is 1.15. The summed E-state index contributed by atoms with van der Waals surface area (Å²) in [6.07, 6.45) is 0. The van der Waals surface area contributed by atoms with Crippen molar-refractivity contribution in [1.29, 1.82) is 0 Å². The Labute approximate surface area is 109 Å². The second-order valence-electron chi connectivity index (χ2n) is 4.67. The summed E-state index contributed by atoms with van der Waals surface area (Å²) in [7, 11) is 2.00. The summed E-state index contributed by atoms with van der Waals surface area (Å²) in [6, 6.07) is 6.03. The van der Waals surface area contributed by atoms with Crippen molar-refractivity contribution in [2.75, 3.05) is 26.8 Å². The standard InChI is InChI=1S/C14H24N2O2/c1-4-18-14-6-5-12(7-11(14)2)8-16(3)9-13(15)10-17/h5-7,13,17H,4,8-10,15H2,1-3H3. The third kappa shape index (κ3) is 4.64. The zero-order valence-corrected chi connectivity index (χ0v) is 11.5. The molecule has 1 atom stereocenters. The highest BCUT2D eigenvalue weighted by Crippen LogP contribution is 2.19. The number of benzene rings is 1. The summed E-state index contributed by atoms with van der Waals surface area (Å²) >= 11 is 0. The van der Waals surface area contributed by atoms with Crippen molar-refractivity contribution in [1.82, 2.24) is 4.90 Å². The molecule has 0 fully saturated rings. The van der Waals surface area contributed by atoms with Gasteiger partial charge >= 0.3 is 0 Å². The van der Waals surface area contributed by atoms with E-state index in [2.05, 4.69) is 17.0 Å². The van der Waals surface area contributed by atoms with Crippen LogP contribution in [0.4, 0.5) is 0 Å². The van der Waals surface area contributed by atoms with Crippen LogP contribution in [0, 0.1) is 6.92 Å². The Bertz CT molecular complexity index is 369. The summed E-state index contributed by atoms with van der Waals surface area (Å²) in [4.78, 5) is 2.11. The molecule has 102 valence electrons. The quantitative estimate of drug-likeness (QED) is 0.764. The van der Waals surface area contributed by atoms with Crippen LogP contribution in [0.3, 0.4) is 0 Å². The number of aliphatic hydroxyl groups excluding tert-OH is 1. The fourth-order valence-corrected chi connectivity index (χ4v) is 1.96. The lowest BCUT2D eigenvalue weighted by atomic mass is 10.1. The second-order valence-corrected chi connectivity index (χ2v) is 4.67. The minimum absolute atomic E-state index is 0.0205. The van der Waals surface area contributed by atoms with Crippen molar-refractivity contribution in [3.05, 3.63) is 29.3 Å². The first-order chi connectivity index (χ1) is 8.56. The molecule has 1 aromatic carbocycles. The highest BCUT2D eigenvalue weighted by Gasteiger charge is 2.07. The molecule has 1 unspecified atom stereocenters. The highest BCUT2D eigenvalue weighted by molar-refractivity contribution is 5.36. The molecule has 0 radical (unpaired) electrons. The molecule has 1 rings (SSSR count). The minimum Gasteiger partial charge on any atom is -0.494 e. The number of ether oxygens (including phenoxy) is 1. The summed E-state index contributed by atoms with van der Waals surface area (Å²) < 4.78 is 5.51. The lowest BCUT2D eigenvalue weighted by molar-refractivity contribution is 0.218. The van der Waals surface area contributed by atoms with Gasteiger partial charge in [-0.1, -0.05) is 12.1 Å². The van der Waals surface area contributed by atoms with E-state index in [1.54, 1.807) is 0 Å². The summed E-state index contributed by atoms with van der Waals surface area (Å²) in [5.41, 5.74) is 8.08. The van der Waals surface area contributed by atoms with Gasteiger partial charge in [0.25, 0.3) is 0 Å². The van der Waals surface area contributed by atoms with Gasteiger partial charge in [-0.2, -0.15) is 0 Å². The van der Waals surface area contributed by atoms with Crippen LogP contribution in [0.1, 0.15) is 18.1 Å². The number of hydrogen-bond acceptors (Lipinski definition) is 4. The highest BCUT2D eigenvalue weighted by atomic mass is 16.5. The van der Waals surface area contributed by atoms with E-state index in [1.807, 2.05) is 27.0 Å². The zero-order valence-electron chi connectivity index (χ0n) is 11.5. The van der Waals surface area contributed by atoms with Gasteiger partial charge in [0.1, 0.15) is 5.75 Å². The number of hydrogen-bond donors (Lipinski definition) is 2. The van der Waals surface area contributed by atoms with E-state index in [0.717, 1.165) is 17.9 Å². The largest absolute Gasteiger partial charge is 0.494 e. The third-order valence-corrected chi connectivity index (χ3v) is 2.77. The number of aryl methyl sites for hydroxylation is 1. The first kappa shape index (κ1) is 15.0. The van der Waals surface area contributed by atoms with Crippen LogP contribution in [0.5, 0.6) is 5.75 Å². The van der Waals surface area contributed by atoms with Gasteiger partial charge < -0.3 is 20.5 Å². The molecular formula is C14H24N2O2. The molecule has 0 aliphatic heterocycles. The molecule has 3 N–H and O–H groups in total. The molecule has 0 spiro atoms.